The molecule has 2 aromatic rings. The molecule has 0 radical (unpaired) electrons. The van der Waals surface area contributed by atoms with Crippen molar-refractivity contribution in [2.24, 2.45) is 0 Å². The number of hydrogen-bond acceptors (Lipinski definition) is 6. The van der Waals surface area contributed by atoms with Gasteiger partial charge in [-0.3, -0.25) is 9.69 Å². The van der Waals surface area contributed by atoms with Crippen molar-refractivity contribution < 1.29 is 14.3 Å². The van der Waals surface area contributed by atoms with Gasteiger partial charge in [0.1, 0.15) is 5.00 Å². The highest BCUT2D eigenvalue weighted by Gasteiger charge is 2.28. The minimum Gasteiger partial charge on any atom is -0.465 e. The molecule has 0 aliphatic carbocycles. The molecular formula is C20H24N2O3S2. The summed E-state index contributed by atoms with van der Waals surface area (Å²) in [5.41, 5.74) is 1.57. The van der Waals surface area contributed by atoms with Crippen molar-refractivity contribution in [2.45, 2.75) is 31.2 Å². The van der Waals surface area contributed by atoms with Gasteiger partial charge >= 0.3 is 5.97 Å². The summed E-state index contributed by atoms with van der Waals surface area (Å²) in [7, 11) is 1.38. The highest BCUT2D eigenvalue weighted by atomic mass is 32.2. The third-order valence-corrected chi connectivity index (χ3v) is 6.71. The second-order valence-electron chi connectivity index (χ2n) is 6.28. The third-order valence-electron chi connectivity index (χ3n) is 4.57. The Kier molecular flexibility index (Phi) is 6.93. The Morgan fingerprint density at radius 3 is 2.78 bits per heavy atom. The minimum atomic E-state index is -0.369. The molecule has 7 heteroatoms. The standard InChI is InChI=1S/C20H24N2O3S2/c1-3-22-11-9-15-16(13-22)27-19(18(15)20(24)25-2)21-17(23)10-12-26-14-7-5-4-6-8-14/h4-8H,3,9-13H2,1-2H3,(H,21,23). The first-order valence-electron chi connectivity index (χ1n) is 9.05. The summed E-state index contributed by atoms with van der Waals surface area (Å²) >= 11 is 3.15. The normalized spacial score (nSPS) is 13.9. The topological polar surface area (TPSA) is 58.6 Å². The van der Waals surface area contributed by atoms with E-state index in [0.29, 0.717) is 22.7 Å². The maximum absolute atomic E-state index is 12.4. The number of amides is 1. The molecular weight excluding hydrogens is 380 g/mol. The van der Waals surface area contributed by atoms with Crippen LogP contribution in [0.4, 0.5) is 5.00 Å². The molecule has 3 rings (SSSR count). The number of hydrogen-bond donors (Lipinski definition) is 1. The maximum Gasteiger partial charge on any atom is 0.341 e. The van der Waals surface area contributed by atoms with Gasteiger partial charge < -0.3 is 10.1 Å². The molecule has 0 spiro atoms. The number of methoxy groups -OCH3 is 1. The molecule has 27 heavy (non-hydrogen) atoms. The van der Waals surface area contributed by atoms with Crippen LogP contribution in [-0.2, 0) is 22.5 Å². The number of fused-ring (bicyclic) bond motifs is 1. The fourth-order valence-corrected chi connectivity index (χ4v) is 5.27. The van der Waals surface area contributed by atoms with Crippen molar-refractivity contribution in [2.75, 3.05) is 31.3 Å². The number of likely N-dealkylation sites (N-methyl/N-ethyl adjacent to an activating group) is 1. The Hall–Kier alpha value is -1.83. The van der Waals surface area contributed by atoms with Crippen LogP contribution in [0.15, 0.2) is 35.2 Å². The molecule has 0 saturated carbocycles. The largest absolute Gasteiger partial charge is 0.465 e. The maximum atomic E-state index is 12.4. The molecule has 0 fully saturated rings. The van der Waals surface area contributed by atoms with Crippen molar-refractivity contribution in [1.82, 2.24) is 4.90 Å². The van der Waals surface area contributed by atoms with Crippen molar-refractivity contribution in [1.29, 1.82) is 0 Å². The Morgan fingerprint density at radius 1 is 1.30 bits per heavy atom. The van der Waals surface area contributed by atoms with Gasteiger partial charge in [0.2, 0.25) is 5.91 Å². The summed E-state index contributed by atoms with van der Waals surface area (Å²) < 4.78 is 4.97. The molecule has 144 valence electrons. The number of anilines is 1. The van der Waals surface area contributed by atoms with Gasteiger partial charge in [0, 0.05) is 35.0 Å². The number of carbonyl (C=O) groups excluding carboxylic acids is 2. The van der Waals surface area contributed by atoms with Crippen LogP contribution in [0.2, 0.25) is 0 Å². The summed E-state index contributed by atoms with van der Waals surface area (Å²) in [6.45, 7) is 4.85. The number of thiophene rings is 1. The van der Waals surface area contributed by atoms with Gasteiger partial charge in [-0.05, 0) is 30.7 Å². The van der Waals surface area contributed by atoms with E-state index in [4.69, 9.17) is 4.74 Å². The van der Waals surface area contributed by atoms with E-state index in [2.05, 4.69) is 17.1 Å². The lowest BCUT2D eigenvalue weighted by Crippen LogP contribution is -2.29. The molecule has 0 unspecified atom stereocenters. The lowest BCUT2D eigenvalue weighted by molar-refractivity contribution is -0.115. The number of ether oxygens (including phenoxy) is 1. The lowest BCUT2D eigenvalue weighted by atomic mass is 10.0. The van der Waals surface area contributed by atoms with E-state index in [0.717, 1.165) is 41.4 Å². The molecule has 1 aliphatic rings. The van der Waals surface area contributed by atoms with Gasteiger partial charge in [0.15, 0.2) is 0 Å². The molecule has 1 aliphatic heterocycles. The molecule has 1 aromatic carbocycles. The summed E-state index contributed by atoms with van der Waals surface area (Å²) in [4.78, 5) is 29.4. The molecule has 1 aromatic heterocycles. The fourth-order valence-electron chi connectivity index (χ4n) is 3.10. The van der Waals surface area contributed by atoms with Crippen LogP contribution in [-0.4, -0.2) is 42.7 Å². The molecule has 5 nitrogen and oxygen atoms in total. The summed E-state index contributed by atoms with van der Waals surface area (Å²) in [6.07, 6.45) is 1.20. The summed E-state index contributed by atoms with van der Waals surface area (Å²) in [5.74, 6) is 0.249. The first-order valence-corrected chi connectivity index (χ1v) is 10.9. The second-order valence-corrected chi connectivity index (χ2v) is 8.55. The monoisotopic (exact) mass is 404 g/mol. The van der Waals surface area contributed by atoms with Crippen LogP contribution in [0.3, 0.4) is 0 Å². The van der Waals surface area contributed by atoms with E-state index in [9.17, 15) is 9.59 Å². The van der Waals surface area contributed by atoms with E-state index in [1.165, 1.54) is 18.4 Å². The second kappa shape index (κ2) is 9.39. The zero-order valence-corrected chi connectivity index (χ0v) is 17.3. The van der Waals surface area contributed by atoms with Crippen LogP contribution in [0.1, 0.15) is 34.1 Å². The molecule has 0 atom stereocenters. The van der Waals surface area contributed by atoms with Crippen molar-refractivity contribution >= 4 is 40.0 Å². The Labute approximate surface area is 168 Å². The van der Waals surface area contributed by atoms with E-state index in [1.54, 1.807) is 11.8 Å². The molecule has 0 bridgehead atoms. The van der Waals surface area contributed by atoms with Crippen LogP contribution in [0.5, 0.6) is 0 Å². The Balaban J connectivity index is 1.67. The number of benzene rings is 1. The molecule has 1 amide bonds. The average molecular weight is 405 g/mol. The van der Waals surface area contributed by atoms with Crippen LogP contribution in [0, 0.1) is 0 Å². The number of thioether (sulfide) groups is 1. The highest BCUT2D eigenvalue weighted by molar-refractivity contribution is 7.99. The SMILES string of the molecule is CCN1CCc2c(sc(NC(=O)CCSc3ccccc3)c2C(=O)OC)C1. The summed E-state index contributed by atoms with van der Waals surface area (Å²) in [6, 6.07) is 10.0. The van der Waals surface area contributed by atoms with E-state index in [-0.39, 0.29) is 11.9 Å². The fraction of sp³-hybridized carbons (Fsp3) is 0.400. The number of carbonyl (C=O) groups is 2. The van der Waals surface area contributed by atoms with Crippen LogP contribution >= 0.6 is 23.1 Å². The van der Waals surface area contributed by atoms with Gasteiger partial charge in [-0.2, -0.15) is 0 Å². The van der Waals surface area contributed by atoms with Gasteiger partial charge in [-0.15, -0.1) is 23.1 Å². The van der Waals surface area contributed by atoms with E-state index < -0.39 is 0 Å². The van der Waals surface area contributed by atoms with Crippen molar-refractivity contribution in [3.05, 3.63) is 46.3 Å². The van der Waals surface area contributed by atoms with Gasteiger partial charge in [0.05, 0.1) is 12.7 Å². The zero-order valence-electron chi connectivity index (χ0n) is 15.6. The third kappa shape index (κ3) is 4.91. The van der Waals surface area contributed by atoms with Crippen molar-refractivity contribution in [3.8, 4) is 0 Å². The number of nitrogens with one attached hydrogen (secondary N) is 1. The first-order chi connectivity index (χ1) is 13.1. The molecule has 2 heterocycles. The van der Waals surface area contributed by atoms with Crippen molar-refractivity contribution in [3.63, 3.8) is 0 Å². The van der Waals surface area contributed by atoms with E-state index >= 15 is 0 Å². The van der Waals surface area contributed by atoms with Crippen LogP contribution in [0.25, 0.3) is 0 Å². The molecule has 1 N–H and O–H groups in total. The van der Waals surface area contributed by atoms with E-state index in [1.807, 2.05) is 30.3 Å². The van der Waals surface area contributed by atoms with Gasteiger partial charge in [0.25, 0.3) is 0 Å². The quantitative estimate of drug-likeness (QED) is 0.558. The highest BCUT2D eigenvalue weighted by Crippen LogP contribution is 2.37. The molecule has 0 saturated heterocycles. The average Bonchev–Trinajstić information content (AvgIpc) is 3.04. The first kappa shape index (κ1) is 19.9. The number of nitrogens with zero attached hydrogens (tertiary/aromatic N) is 1. The lowest BCUT2D eigenvalue weighted by Gasteiger charge is -2.25. The number of rotatable bonds is 7. The predicted octanol–water partition coefficient (Wildman–Crippen LogP) is 4.03. The predicted molar refractivity (Wildman–Crippen MR) is 111 cm³/mol. The van der Waals surface area contributed by atoms with Gasteiger partial charge in [-0.25, -0.2) is 4.79 Å². The van der Waals surface area contributed by atoms with Crippen LogP contribution < -0.4 is 5.32 Å². The smallest absolute Gasteiger partial charge is 0.341 e. The van der Waals surface area contributed by atoms with Gasteiger partial charge in [-0.1, -0.05) is 25.1 Å². The minimum absolute atomic E-state index is 0.0745. The Morgan fingerprint density at radius 2 is 2.07 bits per heavy atom. The summed E-state index contributed by atoms with van der Waals surface area (Å²) in [5, 5.41) is 3.57. The zero-order chi connectivity index (χ0) is 19.2. The number of esters is 1. The Bertz CT molecular complexity index is 805.